The Morgan fingerprint density at radius 1 is 1.16 bits per heavy atom. The first-order valence-electron chi connectivity index (χ1n) is 6.09. The first-order chi connectivity index (χ1) is 9.16. The van der Waals surface area contributed by atoms with Crippen LogP contribution in [0.3, 0.4) is 0 Å². The lowest BCUT2D eigenvalue weighted by molar-refractivity contribution is 1.02. The van der Waals surface area contributed by atoms with Crippen LogP contribution in [0, 0.1) is 13.8 Å². The Labute approximate surface area is 122 Å². The van der Waals surface area contributed by atoms with Gasteiger partial charge in [0.15, 0.2) is 0 Å². The SMILES string of the molecule is Cc1nc(Cl)c(C)c(NCCSc2ccccc2)n1. The Morgan fingerprint density at radius 3 is 2.63 bits per heavy atom. The van der Waals surface area contributed by atoms with Gasteiger partial charge in [0.05, 0.1) is 0 Å². The average Bonchev–Trinajstić information content (AvgIpc) is 2.41. The largest absolute Gasteiger partial charge is 0.369 e. The number of benzene rings is 1. The van der Waals surface area contributed by atoms with E-state index in [9.17, 15) is 0 Å². The van der Waals surface area contributed by atoms with E-state index in [1.807, 2.05) is 43.8 Å². The minimum absolute atomic E-state index is 0.519. The highest BCUT2D eigenvalue weighted by atomic mass is 35.5. The molecule has 1 aromatic heterocycles. The fraction of sp³-hybridized carbons (Fsp3) is 0.286. The van der Waals surface area contributed by atoms with E-state index in [4.69, 9.17) is 11.6 Å². The summed E-state index contributed by atoms with van der Waals surface area (Å²) >= 11 is 7.85. The van der Waals surface area contributed by atoms with Gasteiger partial charge >= 0.3 is 0 Å². The smallest absolute Gasteiger partial charge is 0.137 e. The molecular formula is C14H16ClN3S. The zero-order valence-corrected chi connectivity index (χ0v) is 12.6. The number of thioether (sulfide) groups is 1. The Morgan fingerprint density at radius 2 is 1.89 bits per heavy atom. The molecule has 1 aromatic carbocycles. The van der Waals surface area contributed by atoms with Crippen molar-refractivity contribution in [2.24, 2.45) is 0 Å². The number of aromatic nitrogens is 2. The summed E-state index contributed by atoms with van der Waals surface area (Å²) in [6.45, 7) is 4.61. The molecule has 0 saturated carbocycles. The van der Waals surface area contributed by atoms with Crippen molar-refractivity contribution in [2.45, 2.75) is 18.7 Å². The van der Waals surface area contributed by atoms with Crippen molar-refractivity contribution in [3.63, 3.8) is 0 Å². The number of rotatable bonds is 5. The predicted octanol–water partition coefficient (Wildman–Crippen LogP) is 3.95. The Bertz CT molecular complexity index is 546. The summed E-state index contributed by atoms with van der Waals surface area (Å²) < 4.78 is 0. The summed E-state index contributed by atoms with van der Waals surface area (Å²) in [6, 6.07) is 10.3. The zero-order chi connectivity index (χ0) is 13.7. The van der Waals surface area contributed by atoms with Crippen LogP contribution in [0.2, 0.25) is 5.15 Å². The maximum Gasteiger partial charge on any atom is 0.137 e. The molecule has 0 atom stereocenters. The van der Waals surface area contributed by atoms with E-state index >= 15 is 0 Å². The lowest BCUT2D eigenvalue weighted by atomic mass is 10.3. The fourth-order valence-electron chi connectivity index (χ4n) is 1.62. The number of hydrogen-bond donors (Lipinski definition) is 1. The summed E-state index contributed by atoms with van der Waals surface area (Å²) in [5, 5.41) is 3.83. The van der Waals surface area contributed by atoms with Crippen molar-refractivity contribution in [2.75, 3.05) is 17.6 Å². The molecule has 0 spiro atoms. The molecule has 0 unspecified atom stereocenters. The van der Waals surface area contributed by atoms with Crippen LogP contribution >= 0.6 is 23.4 Å². The second kappa shape index (κ2) is 6.78. The molecule has 2 rings (SSSR count). The lowest BCUT2D eigenvalue weighted by Crippen LogP contribution is -2.09. The Hall–Kier alpha value is -1.26. The molecule has 0 saturated heterocycles. The van der Waals surface area contributed by atoms with Gasteiger partial charge < -0.3 is 5.32 Å². The molecule has 1 heterocycles. The Kier molecular flexibility index (Phi) is 5.05. The van der Waals surface area contributed by atoms with E-state index in [2.05, 4.69) is 27.4 Å². The topological polar surface area (TPSA) is 37.8 Å². The van der Waals surface area contributed by atoms with Crippen molar-refractivity contribution in [1.29, 1.82) is 0 Å². The molecule has 1 N–H and O–H groups in total. The number of nitrogens with zero attached hydrogens (tertiary/aromatic N) is 2. The summed E-state index contributed by atoms with van der Waals surface area (Å²) in [6.07, 6.45) is 0. The highest BCUT2D eigenvalue weighted by Gasteiger charge is 2.06. The third-order valence-corrected chi connectivity index (χ3v) is 3.99. The lowest BCUT2D eigenvalue weighted by Gasteiger charge is -2.10. The number of aryl methyl sites for hydroxylation is 1. The van der Waals surface area contributed by atoms with Gasteiger partial charge in [-0.05, 0) is 26.0 Å². The second-order valence-corrected chi connectivity index (χ2v) is 5.65. The van der Waals surface area contributed by atoms with Crippen LogP contribution in [0.15, 0.2) is 35.2 Å². The molecule has 5 heteroatoms. The van der Waals surface area contributed by atoms with E-state index in [0.717, 1.165) is 23.7 Å². The molecular weight excluding hydrogens is 278 g/mol. The molecule has 0 bridgehead atoms. The van der Waals surface area contributed by atoms with Crippen molar-refractivity contribution in [3.05, 3.63) is 46.9 Å². The second-order valence-electron chi connectivity index (χ2n) is 4.12. The molecule has 0 aliphatic rings. The summed E-state index contributed by atoms with van der Waals surface area (Å²) in [4.78, 5) is 9.76. The van der Waals surface area contributed by atoms with Crippen LogP contribution < -0.4 is 5.32 Å². The number of anilines is 1. The maximum atomic E-state index is 6.03. The van der Waals surface area contributed by atoms with Gasteiger partial charge in [0, 0.05) is 22.8 Å². The van der Waals surface area contributed by atoms with Crippen molar-refractivity contribution < 1.29 is 0 Å². The molecule has 19 heavy (non-hydrogen) atoms. The first kappa shape index (κ1) is 14.2. The van der Waals surface area contributed by atoms with Gasteiger partial charge in [0.1, 0.15) is 16.8 Å². The molecule has 0 fully saturated rings. The fourth-order valence-corrected chi connectivity index (χ4v) is 2.62. The monoisotopic (exact) mass is 293 g/mol. The highest BCUT2D eigenvalue weighted by Crippen LogP contribution is 2.20. The van der Waals surface area contributed by atoms with Crippen LogP contribution in [0.5, 0.6) is 0 Å². The van der Waals surface area contributed by atoms with Crippen LogP contribution in [-0.4, -0.2) is 22.3 Å². The summed E-state index contributed by atoms with van der Waals surface area (Å²) in [7, 11) is 0. The van der Waals surface area contributed by atoms with Crippen LogP contribution in [0.4, 0.5) is 5.82 Å². The van der Waals surface area contributed by atoms with Crippen LogP contribution in [-0.2, 0) is 0 Å². The van der Waals surface area contributed by atoms with E-state index in [1.165, 1.54) is 4.90 Å². The molecule has 0 aliphatic heterocycles. The standard InChI is InChI=1S/C14H16ClN3S/c1-10-13(15)17-11(2)18-14(10)16-8-9-19-12-6-4-3-5-7-12/h3-7H,8-9H2,1-2H3,(H,16,17,18). The third-order valence-electron chi connectivity index (χ3n) is 2.60. The van der Waals surface area contributed by atoms with E-state index in [1.54, 1.807) is 0 Å². The molecule has 0 aliphatic carbocycles. The average molecular weight is 294 g/mol. The quantitative estimate of drug-likeness (QED) is 0.514. The van der Waals surface area contributed by atoms with Crippen molar-refractivity contribution in [3.8, 4) is 0 Å². The van der Waals surface area contributed by atoms with Gasteiger partial charge in [0.2, 0.25) is 0 Å². The minimum atomic E-state index is 0.519. The Balaban J connectivity index is 1.86. The molecule has 2 aromatic rings. The van der Waals surface area contributed by atoms with E-state index in [-0.39, 0.29) is 0 Å². The van der Waals surface area contributed by atoms with E-state index < -0.39 is 0 Å². The van der Waals surface area contributed by atoms with E-state index in [0.29, 0.717) is 11.0 Å². The zero-order valence-electron chi connectivity index (χ0n) is 11.0. The van der Waals surface area contributed by atoms with Gasteiger partial charge in [-0.15, -0.1) is 11.8 Å². The molecule has 100 valence electrons. The van der Waals surface area contributed by atoms with Crippen molar-refractivity contribution in [1.82, 2.24) is 9.97 Å². The minimum Gasteiger partial charge on any atom is -0.369 e. The number of halogens is 1. The normalized spacial score (nSPS) is 10.5. The third kappa shape index (κ3) is 4.11. The first-order valence-corrected chi connectivity index (χ1v) is 7.45. The van der Waals surface area contributed by atoms with Gasteiger partial charge in [-0.3, -0.25) is 0 Å². The van der Waals surface area contributed by atoms with Crippen molar-refractivity contribution >= 4 is 29.2 Å². The maximum absolute atomic E-state index is 6.03. The van der Waals surface area contributed by atoms with Crippen LogP contribution in [0.25, 0.3) is 0 Å². The van der Waals surface area contributed by atoms with Crippen LogP contribution in [0.1, 0.15) is 11.4 Å². The molecule has 0 radical (unpaired) electrons. The number of nitrogens with one attached hydrogen (secondary N) is 1. The van der Waals surface area contributed by atoms with Gasteiger partial charge in [-0.1, -0.05) is 29.8 Å². The van der Waals surface area contributed by atoms with Gasteiger partial charge in [-0.25, -0.2) is 9.97 Å². The van der Waals surface area contributed by atoms with Gasteiger partial charge in [0.25, 0.3) is 0 Å². The number of hydrogen-bond acceptors (Lipinski definition) is 4. The van der Waals surface area contributed by atoms with Gasteiger partial charge in [-0.2, -0.15) is 0 Å². The molecule has 0 amide bonds. The summed E-state index contributed by atoms with van der Waals surface area (Å²) in [5.74, 6) is 2.49. The predicted molar refractivity (Wildman–Crippen MR) is 82.2 cm³/mol. The highest BCUT2D eigenvalue weighted by molar-refractivity contribution is 7.99. The summed E-state index contributed by atoms with van der Waals surface area (Å²) in [5.41, 5.74) is 0.900. The molecule has 3 nitrogen and oxygen atoms in total.